The molecule has 0 saturated carbocycles. The summed E-state index contributed by atoms with van der Waals surface area (Å²) in [6.07, 6.45) is 0. The van der Waals surface area contributed by atoms with E-state index < -0.39 is 10.2 Å². The molecule has 0 fully saturated rings. The van der Waals surface area contributed by atoms with Crippen LogP contribution in [0.1, 0.15) is 0 Å². The Kier molecular flexibility index (Phi) is 4.89. The molecule has 0 amide bonds. The van der Waals surface area contributed by atoms with Crippen LogP contribution in [0.5, 0.6) is 0 Å². The SMILES string of the molecule is [IH2+].[O-][Cl+3]([O-])([O-])[O-]. The first-order valence-corrected chi connectivity index (χ1v) is 1.85. The van der Waals surface area contributed by atoms with Crippen LogP contribution in [0.25, 0.3) is 0 Å². The predicted octanol–water partition coefficient (Wildman–Crippen LogP) is -8.29. The van der Waals surface area contributed by atoms with E-state index in [0.29, 0.717) is 0 Å². The van der Waals surface area contributed by atoms with E-state index in [1.807, 2.05) is 0 Å². The van der Waals surface area contributed by atoms with Gasteiger partial charge in [-0.3, -0.25) is 0 Å². The van der Waals surface area contributed by atoms with Crippen molar-refractivity contribution < 1.29 is 52.9 Å². The molecular formula is H2ClIO4. The van der Waals surface area contributed by atoms with Gasteiger partial charge in [0.15, 0.2) is 0 Å². The summed E-state index contributed by atoms with van der Waals surface area (Å²) in [7, 11) is -4.94. The lowest BCUT2D eigenvalue weighted by atomic mass is 15.8. The van der Waals surface area contributed by atoms with E-state index in [4.69, 9.17) is 18.6 Å². The van der Waals surface area contributed by atoms with Crippen molar-refractivity contribution in [2.24, 2.45) is 0 Å². The van der Waals surface area contributed by atoms with Crippen LogP contribution in [0, 0.1) is 10.2 Å². The largest absolute Gasteiger partial charge is 0.235 e. The monoisotopic (exact) mass is 228 g/mol. The highest BCUT2D eigenvalue weighted by molar-refractivity contribution is 2.00. The van der Waals surface area contributed by atoms with Crippen LogP contribution >= 0.6 is 0 Å². The van der Waals surface area contributed by atoms with Crippen LogP contribution in [0.2, 0.25) is 0 Å². The Bertz CT molecular complexity index is 23.0. The fourth-order valence-corrected chi connectivity index (χ4v) is 0. The Morgan fingerprint density at radius 1 is 0.833 bits per heavy atom. The van der Waals surface area contributed by atoms with Crippen molar-refractivity contribution in [2.45, 2.75) is 0 Å². The molecule has 4 nitrogen and oxygen atoms in total. The summed E-state index contributed by atoms with van der Waals surface area (Å²) in [5, 5.41) is 0. The number of rotatable bonds is 0. The van der Waals surface area contributed by atoms with Crippen LogP contribution in [0.4, 0.5) is 0 Å². The molecule has 0 saturated heterocycles. The van der Waals surface area contributed by atoms with Gasteiger partial charge in [-0.1, -0.05) is 0 Å². The molecule has 0 unspecified atom stereocenters. The number of halogens is 2. The normalized spacial score (nSPS) is 10.0. The summed E-state index contributed by atoms with van der Waals surface area (Å²) in [6.45, 7) is 0. The van der Waals surface area contributed by atoms with Crippen LogP contribution in [-0.2, 0) is 0 Å². The average molecular weight is 228 g/mol. The van der Waals surface area contributed by atoms with E-state index in [0.717, 1.165) is 0 Å². The quantitative estimate of drug-likeness (QED) is 0.385. The number of hydrogen-bond donors (Lipinski definition) is 0. The minimum Gasteiger partial charge on any atom is -0.222 e. The lowest BCUT2D eigenvalue weighted by Gasteiger charge is -2.17. The number of hydrogen-bond acceptors (Lipinski definition) is 4. The van der Waals surface area contributed by atoms with E-state index in [9.17, 15) is 0 Å². The van der Waals surface area contributed by atoms with E-state index in [1.54, 1.807) is 0 Å². The first-order chi connectivity index (χ1) is 2.00. The molecule has 0 aliphatic heterocycles. The van der Waals surface area contributed by atoms with E-state index >= 15 is 0 Å². The van der Waals surface area contributed by atoms with Crippen molar-refractivity contribution in [1.29, 1.82) is 0 Å². The maximum Gasteiger partial charge on any atom is 0.235 e. The molecule has 0 aromatic rings. The van der Waals surface area contributed by atoms with Crippen molar-refractivity contribution in [1.82, 2.24) is 0 Å². The molecule has 0 aliphatic rings. The summed E-state index contributed by atoms with van der Waals surface area (Å²) in [5.41, 5.74) is 0. The third-order valence-corrected chi connectivity index (χ3v) is 0. The summed E-state index contributed by atoms with van der Waals surface area (Å²) in [5.74, 6) is 0. The average Bonchev–Trinajstić information content (AvgIpc) is 0.722. The minimum atomic E-state index is -4.94. The van der Waals surface area contributed by atoms with Gasteiger partial charge in [-0.2, -0.15) is 0 Å². The second-order valence-electron chi connectivity index (χ2n) is 0.378. The molecule has 6 heteroatoms. The van der Waals surface area contributed by atoms with Gasteiger partial charge in [-0.15, -0.1) is 10.2 Å². The molecule has 0 aliphatic carbocycles. The molecule has 0 radical (unpaired) electrons. The third-order valence-electron chi connectivity index (χ3n) is 0. The van der Waals surface area contributed by atoms with Crippen molar-refractivity contribution in [3.05, 3.63) is 0 Å². The molecule has 0 N–H and O–H groups in total. The highest BCUT2D eigenvalue weighted by atomic mass is 127. The molecule has 0 rings (SSSR count). The van der Waals surface area contributed by atoms with Crippen LogP contribution < -0.4 is 42.6 Å². The minimum absolute atomic E-state index is 0. The van der Waals surface area contributed by atoms with Crippen molar-refractivity contribution >= 4 is 0 Å². The Morgan fingerprint density at radius 3 is 0.833 bits per heavy atom. The first kappa shape index (κ1) is 9.97. The molecule has 40 valence electrons. The fraction of sp³-hybridized carbons (Fsp3) is 0. The van der Waals surface area contributed by atoms with Gasteiger partial charge in [-0.05, 0) is 0 Å². The van der Waals surface area contributed by atoms with Gasteiger partial charge in [0.1, 0.15) is 0 Å². The smallest absolute Gasteiger partial charge is 0.222 e. The van der Waals surface area contributed by atoms with Gasteiger partial charge in [0.25, 0.3) is 0 Å². The Balaban J connectivity index is 0. The zero-order valence-corrected chi connectivity index (χ0v) is 5.77. The van der Waals surface area contributed by atoms with Crippen molar-refractivity contribution in [2.75, 3.05) is 0 Å². The molecule has 0 aromatic carbocycles. The topological polar surface area (TPSA) is 92.2 Å². The van der Waals surface area contributed by atoms with Gasteiger partial charge in [-0.25, -0.2) is 18.6 Å². The van der Waals surface area contributed by atoms with Gasteiger partial charge < -0.3 is 0 Å². The Hall–Kier alpha value is 0.860. The van der Waals surface area contributed by atoms with Crippen molar-refractivity contribution in [3.63, 3.8) is 0 Å². The summed E-state index contributed by atoms with van der Waals surface area (Å²) < 4.78 is 34.0. The second-order valence-corrected chi connectivity index (χ2v) is 1.13. The maximum absolute atomic E-state index is 8.49. The maximum atomic E-state index is 8.49. The molecule has 0 atom stereocenters. The zero-order valence-electron chi connectivity index (χ0n) is 2.46. The Morgan fingerprint density at radius 2 is 0.833 bits per heavy atom. The molecule has 0 spiro atoms. The summed E-state index contributed by atoms with van der Waals surface area (Å²) >= 11 is 0. The van der Waals surface area contributed by atoms with E-state index in [2.05, 4.69) is 0 Å². The van der Waals surface area contributed by atoms with E-state index in [1.165, 1.54) is 0 Å². The molecule has 6 heavy (non-hydrogen) atoms. The zero-order chi connectivity index (χ0) is 4.50. The predicted molar refractivity (Wildman–Crippen MR) is 2.79 cm³/mol. The van der Waals surface area contributed by atoms with Crippen LogP contribution in [0.15, 0.2) is 0 Å². The highest BCUT2D eigenvalue weighted by Gasteiger charge is 1.84. The second kappa shape index (κ2) is 2.94. The standard InChI is InChI=1S/ClHO4.H2I/c2-1(3,4)5;/h(H,2,3,4,5);1H2/q;+1/p-1. The van der Waals surface area contributed by atoms with Gasteiger partial charge in [0, 0.05) is 0 Å². The summed E-state index contributed by atoms with van der Waals surface area (Å²) in [4.78, 5) is 0. The molecule has 0 heterocycles. The molecular weight excluding hydrogens is 226 g/mol. The molecule has 0 aromatic heterocycles. The van der Waals surface area contributed by atoms with Gasteiger partial charge in [0.2, 0.25) is 24.0 Å². The third kappa shape index (κ3) is 97.9. The Labute approximate surface area is 53.2 Å². The van der Waals surface area contributed by atoms with Crippen molar-refractivity contribution in [3.8, 4) is 0 Å². The van der Waals surface area contributed by atoms with Gasteiger partial charge in [0.05, 0.1) is 0 Å². The summed E-state index contributed by atoms with van der Waals surface area (Å²) in [6, 6.07) is 0. The fourth-order valence-electron chi connectivity index (χ4n) is 0. The van der Waals surface area contributed by atoms with E-state index in [-0.39, 0.29) is 24.0 Å². The first-order valence-electron chi connectivity index (χ1n) is 0.617. The highest BCUT2D eigenvalue weighted by Crippen LogP contribution is 1.49. The van der Waals surface area contributed by atoms with Gasteiger partial charge >= 0.3 is 0 Å². The molecule has 0 bridgehead atoms. The van der Waals surface area contributed by atoms with Crippen LogP contribution in [-0.4, -0.2) is 0 Å². The van der Waals surface area contributed by atoms with Crippen LogP contribution in [0.3, 0.4) is 0 Å². The lowest BCUT2D eigenvalue weighted by Crippen LogP contribution is -3.00. The lowest BCUT2D eigenvalue weighted by molar-refractivity contribution is -2.00.